The molecule has 1 aromatic rings. The molecule has 1 aromatic carbocycles. The summed E-state index contributed by atoms with van der Waals surface area (Å²) in [6.45, 7) is 3.45. The third-order valence-corrected chi connectivity index (χ3v) is 2.88. The first-order chi connectivity index (χ1) is 8.58. The molecule has 5 heteroatoms. The van der Waals surface area contributed by atoms with E-state index in [9.17, 15) is 4.79 Å². The molecule has 0 aliphatic heterocycles. The minimum absolute atomic E-state index is 0.0823. The Balaban J connectivity index is 2.57. The maximum absolute atomic E-state index is 11.8. The van der Waals surface area contributed by atoms with Crippen LogP contribution in [0, 0.1) is 0 Å². The molecular formula is C13H18ClNO3. The molecule has 0 saturated heterocycles. The predicted molar refractivity (Wildman–Crippen MR) is 70.8 cm³/mol. The van der Waals surface area contributed by atoms with E-state index in [2.05, 4.69) is 5.32 Å². The first-order valence-electron chi connectivity index (χ1n) is 5.90. The fraction of sp³-hybridized carbons (Fsp3) is 0.462. The number of hydrogen-bond donors (Lipinski definition) is 2. The summed E-state index contributed by atoms with van der Waals surface area (Å²) >= 11 is 5.94. The van der Waals surface area contributed by atoms with Crippen molar-refractivity contribution < 1.29 is 14.6 Å². The Hall–Kier alpha value is -1.26. The number of benzene rings is 1. The minimum Gasteiger partial charge on any atom is -0.479 e. The number of para-hydroxylation sites is 1. The van der Waals surface area contributed by atoms with Crippen molar-refractivity contribution in [3.63, 3.8) is 0 Å². The lowest BCUT2D eigenvalue weighted by atomic mass is 10.2. The topological polar surface area (TPSA) is 58.6 Å². The zero-order valence-electron chi connectivity index (χ0n) is 10.5. The maximum atomic E-state index is 11.8. The number of aliphatic hydroxyl groups is 1. The van der Waals surface area contributed by atoms with Crippen LogP contribution in [0.3, 0.4) is 0 Å². The van der Waals surface area contributed by atoms with Gasteiger partial charge >= 0.3 is 0 Å². The summed E-state index contributed by atoms with van der Waals surface area (Å²) in [5.41, 5.74) is 0. The standard InChI is InChI=1S/C13H18ClNO3/c1-3-10(8-16)15-13(17)9(2)18-12-7-5-4-6-11(12)14/h4-7,9-10,16H,3,8H2,1-2H3,(H,15,17). The number of amides is 1. The molecule has 0 aromatic heterocycles. The first-order valence-corrected chi connectivity index (χ1v) is 6.28. The molecule has 0 heterocycles. The molecule has 0 radical (unpaired) electrons. The van der Waals surface area contributed by atoms with Crippen LogP contribution >= 0.6 is 11.6 Å². The lowest BCUT2D eigenvalue weighted by Gasteiger charge is -2.19. The average molecular weight is 272 g/mol. The third-order valence-electron chi connectivity index (χ3n) is 2.57. The number of halogens is 1. The molecular weight excluding hydrogens is 254 g/mol. The zero-order valence-corrected chi connectivity index (χ0v) is 11.3. The first kappa shape index (κ1) is 14.8. The SMILES string of the molecule is CCC(CO)NC(=O)C(C)Oc1ccccc1Cl. The molecule has 0 bridgehead atoms. The number of carbonyl (C=O) groups excluding carboxylic acids is 1. The van der Waals surface area contributed by atoms with Gasteiger partial charge in [-0.2, -0.15) is 0 Å². The highest BCUT2D eigenvalue weighted by Crippen LogP contribution is 2.24. The third kappa shape index (κ3) is 4.20. The Labute approximate surface area is 112 Å². The van der Waals surface area contributed by atoms with Gasteiger partial charge in [0.05, 0.1) is 17.7 Å². The van der Waals surface area contributed by atoms with Gasteiger partial charge in [0.2, 0.25) is 0 Å². The van der Waals surface area contributed by atoms with Gasteiger partial charge in [-0.25, -0.2) is 0 Å². The highest BCUT2D eigenvalue weighted by molar-refractivity contribution is 6.32. The van der Waals surface area contributed by atoms with Crippen LogP contribution in [0.25, 0.3) is 0 Å². The van der Waals surface area contributed by atoms with E-state index in [1.54, 1.807) is 31.2 Å². The summed E-state index contributed by atoms with van der Waals surface area (Å²) < 4.78 is 5.47. The van der Waals surface area contributed by atoms with E-state index in [4.69, 9.17) is 21.4 Å². The van der Waals surface area contributed by atoms with Gasteiger partial charge in [-0.3, -0.25) is 4.79 Å². The van der Waals surface area contributed by atoms with E-state index in [1.165, 1.54) is 0 Å². The van der Waals surface area contributed by atoms with Crippen LogP contribution in [0.15, 0.2) is 24.3 Å². The van der Waals surface area contributed by atoms with Crippen molar-refractivity contribution in [1.29, 1.82) is 0 Å². The quantitative estimate of drug-likeness (QED) is 0.832. The molecule has 2 unspecified atom stereocenters. The van der Waals surface area contributed by atoms with Crippen LogP contribution in [0.2, 0.25) is 5.02 Å². The number of aliphatic hydroxyl groups excluding tert-OH is 1. The van der Waals surface area contributed by atoms with Gasteiger partial charge in [-0.1, -0.05) is 30.7 Å². The predicted octanol–water partition coefficient (Wildman–Crippen LogP) is 1.99. The van der Waals surface area contributed by atoms with E-state index < -0.39 is 6.10 Å². The van der Waals surface area contributed by atoms with Crippen molar-refractivity contribution in [2.45, 2.75) is 32.4 Å². The Morgan fingerprint density at radius 1 is 1.50 bits per heavy atom. The highest BCUT2D eigenvalue weighted by Gasteiger charge is 2.18. The summed E-state index contributed by atoms with van der Waals surface area (Å²) in [5.74, 6) is 0.203. The molecule has 2 N–H and O–H groups in total. The molecule has 0 saturated carbocycles. The number of ether oxygens (including phenoxy) is 1. The van der Waals surface area contributed by atoms with E-state index in [0.717, 1.165) is 0 Å². The van der Waals surface area contributed by atoms with Gasteiger partial charge in [0, 0.05) is 0 Å². The second-order valence-corrected chi connectivity index (χ2v) is 4.39. The lowest BCUT2D eigenvalue weighted by molar-refractivity contribution is -0.128. The molecule has 100 valence electrons. The van der Waals surface area contributed by atoms with Gasteiger partial charge in [0.1, 0.15) is 5.75 Å². The maximum Gasteiger partial charge on any atom is 0.261 e. The molecule has 0 aliphatic rings. The second kappa shape index (κ2) is 7.24. The lowest BCUT2D eigenvalue weighted by Crippen LogP contribution is -2.43. The summed E-state index contributed by atoms with van der Waals surface area (Å²) in [6, 6.07) is 6.74. The molecule has 0 spiro atoms. The monoisotopic (exact) mass is 271 g/mol. The highest BCUT2D eigenvalue weighted by atomic mass is 35.5. The van der Waals surface area contributed by atoms with E-state index in [-0.39, 0.29) is 18.6 Å². The van der Waals surface area contributed by atoms with Gasteiger partial charge in [0.15, 0.2) is 6.10 Å². The normalized spacial score (nSPS) is 13.8. The second-order valence-electron chi connectivity index (χ2n) is 3.99. The van der Waals surface area contributed by atoms with E-state index in [0.29, 0.717) is 17.2 Å². The van der Waals surface area contributed by atoms with Crippen molar-refractivity contribution in [2.75, 3.05) is 6.61 Å². The van der Waals surface area contributed by atoms with Crippen LogP contribution in [0.4, 0.5) is 0 Å². The minimum atomic E-state index is -0.662. The van der Waals surface area contributed by atoms with Crippen LogP contribution in [0.5, 0.6) is 5.75 Å². The molecule has 1 amide bonds. The van der Waals surface area contributed by atoms with Crippen molar-refractivity contribution >= 4 is 17.5 Å². The Kier molecular flexibility index (Phi) is 5.95. The molecule has 1 rings (SSSR count). The average Bonchev–Trinajstić information content (AvgIpc) is 2.38. The summed E-state index contributed by atoms with van der Waals surface area (Å²) in [5, 5.41) is 12.2. The molecule has 0 aliphatic carbocycles. The van der Waals surface area contributed by atoms with Crippen molar-refractivity contribution in [3.8, 4) is 5.75 Å². The van der Waals surface area contributed by atoms with Gasteiger partial charge in [-0.15, -0.1) is 0 Å². The summed E-state index contributed by atoms with van der Waals surface area (Å²) in [6.07, 6.45) is 0.00614. The van der Waals surface area contributed by atoms with E-state index >= 15 is 0 Å². The van der Waals surface area contributed by atoms with Crippen LogP contribution in [-0.2, 0) is 4.79 Å². The van der Waals surface area contributed by atoms with Gasteiger partial charge in [-0.05, 0) is 25.5 Å². The van der Waals surface area contributed by atoms with E-state index in [1.807, 2.05) is 6.92 Å². The van der Waals surface area contributed by atoms with Crippen molar-refractivity contribution in [3.05, 3.63) is 29.3 Å². The largest absolute Gasteiger partial charge is 0.479 e. The number of rotatable bonds is 6. The number of nitrogens with one attached hydrogen (secondary N) is 1. The Morgan fingerprint density at radius 2 is 2.17 bits per heavy atom. The van der Waals surface area contributed by atoms with Crippen LogP contribution in [-0.4, -0.2) is 29.8 Å². The number of hydrogen-bond acceptors (Lipinski definition) is 3. The fourth-order valence-electron chi connectivity index (χ4n) is 1.38. The summed E-state index contributed by atoms with van der Waals surface area (Å²) in [4.78, 5) is 11.8. The molecule has 18 heavy (non-hydrogen) atoms. The molecule has 4 nitrogen and oxygen atoms in total. The van der Waals surface area contributed by atoms with Crippen molar-refractivity contribution in [1.82, 2.24) is 5.32 Å². The Morgan fingerprint density at radius 3 is 2.72 bits per heavy atom. The van der Waals surface area contributed by atoms with Crippen LogP contribution in [0.1, 0.15) is 20.3 Å². The zero-order chi connectivity index (χ0) is 13.5. The molecule has 0 fully saturated rings. The smallest absolute Gasteiger partial charge is 0.261 e. The summed E-state index contributed by atoms with van der Waals surface area (Å²) in [7, 11) is 0. The molecule has 2 atom stereocenters. The number of carbonyl (C=O) groups is 1. The van der Waals surface area contributed by atoms with Crippen molar-refractivity contribution in [2.24, 2.45) is 0 Å². The Bertz CT molecular complexity index is 394. The van der Waals surface area contributed by atoms with Gasteiger partial charge < -0.3 is 15.2 Å². The van der Waals surface area contributed by atoms with Gasteiger partial charge in [0.25, 0.3) is 5.91 Å². The fourth-order valence-corrected chi connectivity index (χ4v) is 1.56. The van der Waals surface area contributed by atoms with Crippen LogP contribution < -0.4 is 10.1 Å².